The van der Waals surface area contributed by atoms with Crippen molar-refractivity contribution in [1.82, 2.24) is 5.32 Å². The minimum absolute atomic E-state index is 0.0225. The fraction of sp³-hybridized carbons (Fsp3) is 0.103. The van der Waals surface area contributed by atoms with Crippen molar-refractivity contribution in [2.75, 3.05) is 25.3 Å². The first kappa shape index (κ1) is 31.4. The number of carbonyl (C=O) groups is 3. The predicted octanol–water partition coefficient (Wildman–Crippen LogP) is 7.66. The van der Waals surface area contributed by atoms with Crippen LogP contribution in [-0.2, 0) is 11.2 Å². The molecule has 2 N–H and O–H groups in total. The lowest BCUT2D eigenvalue weighted by Crippen LogP contribution is -2.30. The lowest BCUT2D eigenvalue weighted by molar-refractivity contribution is -0.113. The molecule has 2 amide bonds. The van der Waals surface area contributed by atoms with Crippen LogP contribution in [-0.4, -0.2) is 37.6 Å². The van der Waals surface area contributed by atoms with Gasteiger partial charge in [0.1, 0.15) is 17.2 Å². The number of fused-ring (bicyclic) bond motifs is 3. The minimum Gasteiger partial charge on any atom is -0.497 e. The first-order valence-corrected chi connectivity index (χ1v) is 16.0. The van der Waals surface area contributed by atoms with Crippen molar-refractivity contribution < 1.29 is 23.9 Å². The van der Waals surface area contributed by atoms with Crippen molar-refractivity contribution in [3.8, 4) is 22.6 Å². The topological polar surface area (TPSA) is 93.7 Å². The lowest BCUT2D eigenvalue weighted by atomic mass is 10.0. The summed E-state index contributed by atoms with van der Waals surface area (Å²) in [6.07, 6.45) is 2.38. The van der Waals surface area contributed by atoms with E-state index in [4.69, 9.17) is 9.47 Å². The van der Waals surface area contributed by atoms with Crippen LogP contribution in [0.3, 0.4) is 0 Å². The maximum Gasteiger partial charge on any atom is 0.272 e. The van der Waals surface area contributed by atoms with E-state index < -0.39 is 11.8 Å². The van der Waals surface area contributed by atoms with Crippen LogP contribution in [0.5, 0.6) is 11.5 Å². The lowest BCUT2D eigenvalue weighted by Gasteiger charge is -2.13. The standard InChI is InChI=1S/C39H32N2O5S/c1-45-31-17-15-28(37(23-31)46-2)21-35(41-38(43)25-9-4-3-5-10-25)39(44)40-30-12-8-13-32(22-30)47-24-36(42)27-16-18-34-29(20-27)19-26-11-6-7-14-33(26)34/h3-18,20-23H,19,24H2,1-2H3,(H,40,44)(H,41,43)/b35-21-. The highest BCUT2D eigenvalue weighted by atomic mass is 32.2. The van der Waals surface area contributed by atoms with Gasteiger partial charge in [-0.25, -0.2) is 0 Å². The van der Waals surface area contributed by atoms with E-state index in [1.807, 2.05) is 48.5 Å². The number of rotatable bonds is 11. The predicted molar refractivity (Wildman–Crippen MR) is 186 cm³/mol. The van der Waals surface area contributed by atoms with Gasteiger partial charge in [0.25, 0.3) is 11.8 Å². The van der Waals surface area contributed by atoms with Gasteiger partial charge in [0.05, 0.1) is 20.0 Å². The number of hydrogen-bond acceptors (Lipinski definition) is 6. The number of anilines is 1. The van der Waals surface area contributed by atoms with E-state index in [1.54, 1.807) is 67.8 Å². The molecular formula is C39H32N2O5S. The molecule has 0 bridgehead atoms. The molecule has 0 saturated carbocycles. The molecule has 6 rings (SSSR count). The van der Waals surface area contributed by atoms with Gasteiger partial charge in [0.2, 0.25) is 0 Å². The van der Waals surface area contributed by atoms with Gasteiger partial charge in [-0.15, -0.1) is 11.8 Å². The number of ether oxygens (including phenoxy) is 2. The number of hydrogen-bond donors (Lipinski definition) is 2. The molecule has 0 atom stereocenters. The summed E-state index contributed by atoms with van der Waals surface area (Å²) >= 11 is 1.40. The molecule has 0 spiro atoms. The van der Waals surface area contributed by atoms with E-state index in [2.05, 4.69) is 22.8 Å². The molecule has 47 heavy (non-hydrogen) atoms. The summed E-state index contributed by atoms with van der Waals surface area (Å²) in [5.74, 6) is 0.388. The molecule has 0 saturated heterocycles. The molecule has 8 heteroatoms. The Balaban J connectivity index is 1.16. The van der Waals surface area contributed by atoms with Gasteiger partial charge in [-0.05, 0) is 83.3 Å². The quantitative estimate of drug-likeness (QED) is 0.0858. The Kier molecular flexibility index (Phi) is 9.50. The molecule has 0 radical (unpaired) electrons. The number of amides is 2. The second-order valence-corrected chi connectivity index (χ2v) is 11.9. The first-order valence-electron chi connectivity index (χ1n) is 15.0. The average molecular weight is 641 g/mol. The molecule has 0 unspecified atom stereocenters. The summed E-state index contributed by atoms with van der Waals surface area (Å²) in [6.45, 7) is 0. The molecule has 0 aromatic heterocycles. The Morgan fingerprint density at radius 2 is 1.53 bits per heavy atom. The van der Waals surface area contributed by atoms with Gasteiger partial charge in [-0.2, -0.15) is 0 Å². The zero-order valence-electron chi connectivity index (χ0n) is 25.9. The highest BCUT2D eigenvalue weighted by molar-refractivity contribution is 8.00. The van der Waals surface area contributed by atoms with E-state index in [0.29, 0.717) is 33.9 Å². The SMILES string of the molecule is COc1ccc(/C=C(\NC(=O)c2ccccc2)C(=O)Nc2cccc(SCC(=O)c3ccc4c(c3)Cc3ccccc3-4)c2)c(OC)c1. The normalized spacial score (nSPS) is 11.7. The van der Waals surface area contributed by atoms with Crippen molar-refractivity contribution in [2.24, 2.45) is 0 Å². The fourth-order valence-corrected chi connectivity index (χ4v) is 6.30. The Labute approximate surface area is 277 Å². The second kappa shape index (κ2) is 14.2. The molecular weight excluding hydrogens is 609 g/mol. The number of methoxy groups -OCH3 is 2. The number of nitrogens with one attached hydrogen (secondary N) is 2. The molecule has 0 aliphatic heterocycles. The largest absolute Gasteiger partial charge is 0.497 e. The van der Waals surface area contributed by atoms with Crippen LogP contribution in [0.15, 0.2) is 126 Å². The molecule has 234 valence electrons. The highest BCUT2D eigenvalue weighted by Crippen LogP contribution is 2.37. The van der Waals surface area contributed by atoms with Crippen LogP contribution < -0.4 is 20.1 Å². The third kappa shape index (κ3) is 7.29. The summed E-state index contributed by atoms with van der Waals surface area (Å²) in [7, 11) is 3.07. The van der Waals surface area contributed by atoms with Gasteiger partial charge in [0, 0.05) is 33.3 Å². The first-order chi connectivity index (χ1) is 22.9. The van der Waals surface area contributed by atoms with Crippen LogP contribution in [0.2, 0.25) is 0 Å². The van der Waals surface area contributed by atoms with Crippen molar-refractivity contribution >= 4 is 41.1 Å². The highest BCUT2D eigenvalue weighted by Gasteiger charge is 2.20. The average Bonchev–Trinajstić information content (AvgIpc) is 3.49. The second-order valence-electron chi connectivity index (χ2n) is 10.9. The number of Topliss-reactive ketones (excluding diaryl/α,β-unsaturated/α-hetero) is 1. The third-order valence-electron chi connectivity index (χ3n) is 7.85. The van der Waals surface area contributed by atoms with E-state index in [9.17, 15) is 14.4 Å². The van der Waals surface area contributed by atoms with E-state index >= 15 is 0 Å². The van der Waals surface area contributed by atoms with Gasteiger partial charge in [-0.1, -0.05) is 60.7 Å². The smallest absolute Gasteiger partial charge is 0.272 e. The molecule has 0 heterocycles. The monoisotopic (exact) mass is 640 g/mol. The Hall–Kier alpha value is -5.60. The van der Waals surface area contributed by atoms with Crippen molar-refractivity contribution in [2.45, 2.75) is 11.3 Å². The van der Waals surface area contributed by atoms with E-state index in [0.717, 1.165) is 11.3 Å². The zero-order chi connectivity index (χ0) is 32.8. The maximum absolute atomic E-state index is 13.6. The molecule has 1 aliphatic carbocycles. The van der Waals surface area contributed by atoms with Crippen molar-refractivity contribution in [3.63, 3.8) is 0 Å². The van der Waals surface area contributed by atoms with Gasteiger partial charge >= 0.3 is 0 Å². The summed E-state index contributed by atoms with van der Waals surface area (Å²) < 4.78 is 10.8. The van der Waals surface area contributed by atoms with Crippen LogP contribution >= 0.6 is 11.8 Å². The summed E-state index contributed by atoms with van der Waals surface area (Å²) in [4.78, 5) is 40.7. The zero-order valence-corrected chi connectivity index (χ0v) is 26.7. The molecule has 7 nitrogen and oxygen atoms in total. The molecule has 0 fully saturated rings. The summed E-state index contributed by atoms with van der Waals surface area (Å²) in [6, 6.07) is 35.4. The number of thioether (sulfide) groups is 1. The third-order valence-corrected chi connectivity index (χ3v) is 8.84. The van der Waals surface area contributed by atoms with Crippen molar-refractivity contribution in [3.05, 3.63) is 149 Å². The number of carbonyl (C=O) groups excluding carboxylic acids is 3. The molecule has 5 aromatic carbocycles. The number of benzene rings is 5. The van der Waals surface area contributed by atoms with Crippen LogP contribution in [0.25, 0.3) is 17.2 Å². The molecule has 5 aromatic rings. The summed E-state index contributed by atoms with van der Waals surface area (Å²) in [5, 5.41) is 5.64. The van der Waals surface area contributed by atoms with Crippen LogP contribution in [0.1, 0.15) is 37.4 Å². The van der Waals surface area contributed by atoms with E-state index in [1.165, 1.54) is 41.1 Å². The Morgan fingerprint density at radius 1 is 0.745 bits per heavy atom. The maximum atomic E-state index is 13.6. The minimum atomic E-state index is -0.524. The van der Waals surface area contributed by atoms with E-state index in [-0.39, 0.29) is 17.2 Å². The van der Waals surface area contributed by atoms with Gasteiger partial charge in [-0.3, -0.25) is 14.4 Å². The van der Waals surface area contributed by atoms with Gasteiger partial charge < -0.3 is 20.1 Å². The Bertz CT molecular complexity index is 2000. The number of ketones is 1. The van der Waals surface area contributed by atoms with Crippen LogP contribution in [0, 0.1) is 0 Å². The fourth-order valence-electron chi connectivity index (χ4n) is 5.45. The van der Waals surface area contributed by atoms with Crippen molar-refractivity contribution in [1.29, 1.82) is 0 Å². The van der Waals surface area contributed by atoms with Crippen LogP contribution in [0.4, 0.5) is 5.69 Å². The Morgan fingerprint density at radius 3 is 2.34 bits per heavy atom. The molecule has 1 aliphatic rings. The summed E-state index contributed by atoms with van der Waals surface area (Å²) in [5.41, 5.74) is 7.07. The van der Waals surface area contributed by atoms with Gasteiger partial charge in [0.15, 0.2) is 5.78 Å².